The van der Waals surface area contributed by atoms with Crippen LogP contribution < -0.4 is 34.8 Å². The molecule has 0 aliphatic rings. The minimum Gasteiger partial charge on any atom is -0.870 e. The summed E-state index contributed by atoms with van der Waals surface area (Å²) in [7, 11) is 3.82. The van der Waals surface area contributed by atoms with Crippen LogP contribution in [0.4, 0.5) is 5.82 Å². The largest absolute Gasteiger partial charge is 1.00 e. The van der Waals surface area contributed by atoms with E-state index in [1.54, 1.807) is 47.9 Å². The number of carbonyl (C=O) groups is 3. The van der Waals surface area contributed by atoms with Crippen LogP contribution in [-0.2, 0) is 34.8 Å². The molecule has 15 heteroatoms. The average molecular weight is 493 g/mol. The number of anilines is 1. The first-order valence-corrected chi connectivity index (χ1v) is 9.27. The normalized spacial score (nSPS) is 9.65. The first-order chi connectivity index (χ1) is 14.2. The van der Waals surface area contributed by atoms with Crippen molar-refractivity contribution in [2.45, 2.75) is 47.0 Å². The van der Waals surface area contributed by atoms with Gasteiger partial charge in [-0.1, -0.05) is 7.43 Å². The van der Waals surface area contributed by atoms with E-state index in [-0.39, 0.29) is 60.5 Å². The predicted octanol–water partition coefficient (Wildman–Crippen LogP) is -1.81. The van der Waals surface area contributed by atoms with E-state index in [2.05, 4.69) is 19.9 Å². The van der Waals surface area contributed by atoms with Gasteiger partial charge in [-0.15, -0.1) is 0 Å². The number of nitrogens with one attached hydrogen (secondary N) is 1. The third-order valence-electron chi connectivity index (χ3n) is 3.46. The monoisotopic (exact) mass is 493 g/mol. The molecular weight excluding hydrogens is 460 g/mol. The summed E-state index contributed by atoms with van der Waals surface area (Å²) < 4.78 is 12.5. The van der Waals surface area contributed by atoms with Gasteiger partial charge in [-0.3, -0.25) is 4.79 Å². The Morgan fingerprint density at radius 3 is 2.06 bits per heavy atom. The fourth-order valence-electron chi connectivity index (χ4n) is 2.37. The maximum atomic E-state index is 11.5. The summed E-state index contributed by atoms with van der Waals surface area (Å²) in [5, 5.41) is 20.5. The number of aryl methyl sites for hydroxylation is 2. The first-order valence-electron chi connectivity index (χ1n) is 9.27. The molecule has 0 amide bonds. The molecule has 186 valence electrons. The van der Waals surface area contributed by atoms with Gasteiger partial charge in [-0.2, -0.15) is 0 Å². The minimum atomic E-state index is -1.12. The fourth-order valence-corrected chi connectivity index (χ4v) is 2.37. The number of hydrogen-bond acceptors (Lipinski definition) is 10. The molecule has 0 saturated carbocycles. The van der Waals surface area contributed by atoms with E-state index < -0.39 is 30.6 Å². The number of rotatable bonds is 6. The Morgan fingerprint density at radius 1 is 1.12 bits per heavy atom. The van der Waals surface area contributed by atoms with Crippen LogP contribution in [0.15, 0.2) is 12.4 Å². The van der Waals surface area contributed by atoms with Gasteiger partial charge in [0.1, 0.15) is 11.4 Å². The zero-order chi connectivity index (χ0) is 23.9. The molecule has 0 atom stereocenters. The van der Waals surface area contributed by atoms with E-state index in [0.717, 1.165) is 0 Å². The van der Waals surface area contributed by atoms with Gasteiger partial charge in [0.15, 0.2) is 0 Å². The van der Waals surface area contributed by atoms with E-state index >= 15 is 0 Å². The average Bonchev–Trinajstić information content (AvgIpc) is 3.14. The van der Waals surface area contributed by atoms with E-state index in [1.807, 2.05) is 0 Å². The van der Waals surface area contributed by atoms with Crippen LogP contribution in [0.2, 0.25) is 6.82 Å². The molecule has 0 fully saturated rings. The van der Waals surface area contributed by atoms with Crippen LogP contribution in [0.1, 0.15) is 55.1 Å². The summed E-state index contributed by atoms with van der Waals surface area (Å²) in [5.41, 5.74) is -0.166. The SMILES string of the molecule is C.COC(=O)c1nc(NB(C)O)cn1C.Cn1cc(CC(=O)OC(C)(C)C)nc1C(=O)O.[Na+].[OH-]. The molecule has 4 N–H and O–H groups in total. The first kappa shape index (κ1) is 36.2. The summed E-state index contributed by atoms with van der Waals surface area (Å²) >= 11 is 0. The summed E-state index contributed by atoms with van der Waals surface area (Å²) in [6.07, 6.45) is 3.07. The topological polar surface area (TPSA) is 188 Å². The van der Waals surface area contributed by atoms with Crippen LogP contribution in [-0.4, -0.2) is 72.4 Å². The Bertz CT molecular complexity index is 940. The molecule has 0 unspecified atom stereocenters. The maximum Gasteiger partial charge on any atom is 1.00 e. The summed E-state index contributed by atoms with van der Waals surface area (Å²) in [6, 6.07) is 0. The van der Waals surface area contributed by atoms with Crippen molar-refractivity contribution in [2.24, 2.45) is 14.1 Å². The van der Waals surface area contributed by atoms with Gasteiger partial charge in [-0.25, -0.2) is 19.6 Å². The minimum absolute atomic E-state index is 0. The van der Waals surface area contributed by atoms with Crippen LogP contribution in [0, 0.1) is 0 Å². The maximum absolute atomic E-state index is 11.5. The fraction of sp³-hybridized carbons (Fsp3) is 0.526. The van der Waals surface area contributed by atoms with Crippen molar-refractivity contribution in [3.63, 3.8) is 0 Å². The molecule has 0 radical (unpaired) electrons. The number of carboxylic acids is 1. The van der Waals surface area contributed by atoms with Gasteiger partial charge in [0, 0.05) is 26.5 Å². The molecule has 2 heterocycles. The molecule has 0 saturated heterocycles. The quantitative estimate of drug-likeness (QED) is 0.304. The van der Waals surface area contributed by atoms with Crippen LogP contribution in [0.5, 0.6) is 0 Å². The van der Waals surface area contributed by atoms with E-state index in [0.29, 0.717) is 11.5 Å². The number of hydrogen-bond donors (Lipinski definition) is 3. The Kier molecular flexibility index (Phi) is 16.5. The van der Waals surface area contributed by atoms with Crippen LogP contribution in [0.25, 0.3) is 0 Å². The zero-order valence-corrected chi connectivity index (χ0v) is 22.1. The van der Waals surface area contributed by atoms with Crippen molar-refractivity contribution in [2.75, 3.05) is 12.3 Å². The summed E-state index contributed by atoms with van der Waals surface area (Å²) in [4.78, 5) is 41.2. The number of imidazole rings is 2. The zero-order valence-electron chi connectivity index (χ0n) is 20.1. The molecule has 0 aromatic carbocycles. The molecule has 13 nitrogen and oxygen atoms in total. The summed E-state index contributed by atoms with van der Waals surface area (Å²) in [5.74, 6) is -1.52. The van der Waals surface area contributed by atoms with Crippen molar-refractivity contribution in [3.05, 3.63) is 29.7 Å². The number of nitrogens with zero attached hydrogens (tertiary/aromatic N) is 4. The molecule has 34 heavy (non-hydrogen) atoms. The second kappa shape index (κ2) is 15.5. The van der Waals surface area contributed by atoms with Crippen molar-refractivity contribution >= 4 is 30.8 Å². The second-order valence-corrected chi connectivity index (χ2v) is 7.61. The van der Waals surface area contributed by atoms with E-state index in [4.69, 9.17) is 14.9 Å². The number of aromatic carboxylic acids is 1. The van der Waals surface area contributed by atoms with Gasteiger partial charge < -0.3 is 39.4 Å². The van der Waals surface area contributed by atoms with Crippen molar-refractivity contribution < 1.29 is 69.0 Å². The van der Waals surface area contributed by atoms with Crippen LogP contribution >= 0.6 is 0 Å². The molecule has 2 aromatic rings. The van der Waals surface area contributed by atoms with E-state index in [9.17, 15) is 14.4 Å². The number of aromatic nitrogens is 4. The third kappa shape index (κ3) is 12.2. The van der Waals surface area contributed by atoms with E-state index in [1.165, 1.54) is 22.4 Å². The Balaban J connectivity index is -0.000000527. The number of methoxy groups -OCH3 is 1. The Labute approximate surface area is 221 Å². The van der Waals surface area contributed by atoms with Crippen molar-refractivity contribution in [3.8, 4) is 0 Å². The smallest absolute Gasteiger partial charge is 0.870 e. The van der Waals surface area contributed by atoms with Crippen molar-refractivity contribution in [1.82, 2.24) is 19.1 Å². The van der Waals surface area contributed by atoms with Gasteiger partial charge in [0.2, 0.25) is 11.6 Å². The molecule has 2 aromatic heterocycles. The summed E-state index contributed by atoms with van der Waals surface area (Å²) in [6.45, 7) is 6.87. The number of ether oxygens (including phenoxy) is 2. The molecule has 0 spiro atoms. The number of esters is 2. The molecule has 0 aliphatic carbocycles. The van der Waals surface area contributed by atoms with Crippen LogP contribution in [0.3, 0.4) is 0 Å². The Morgan fingerprint density at radius 2 is 1.65 bits per heavy atom. The van der Waals surface area contributed by atoms with Gasteiger partial charge in [0.05, 0.1) is 19.2 Å². The van der Waals surface area contributed by atoms with Gasteiger partial charge >= 0.3 is 54.5 Å². The Hall–Kier alpha value is -2.39. The van der Waals surface area contributed by atoms with Crippen molar-refractivity contribution in [1.29, 1.82) is 0 Å². The van der Waals surface area contributed by atoms with Gasteiger partial charge in [0.25, 0.3) is 0 Å². The molecule has 0 aliphatic heterocycles. The molecular formula is C19H33BN5NaO8. The molecule has 2 rings (SSSR count). The predicted molar refractivity (Wildman–Crippen MR) is 120 cm³/mol. The third-order valence-corrected chi connectivity index (χ3v) is 3.46. The molecule has 0 bridgehead atoms. The number of carboxylic acid groups (broad SMARTS) is 1. The number of carbonyl (C=O) groups excluding carboxylic acids is 2. The second-order valence-electron chi connectivity index (χ2n) is 7.61. The standard InChI is InChI=1S/C11H16N2O4.C7H12BN3O3.CH4.Na.H2O/c1-11(2,3)17-8(14)5-7-6-13(4)9(12-7)10(15)16;1-8(13)10-5-4-11(2)6(9-5)7(12)14-3;;;/h6H,5H2,1-4H3,(H,15,16);4,10,13H,1-3H3;1H4;;1H2/q;;;+1;/p-1. The van der Waals surface area contributed by atoms with Gasteiger partial charge in [-0.05, 0) is 27.6 Å².